The summed E-state index contributed by atoms with van der Waals surface area (Å²) in [5, 5.41) is 10.2. The monoisotopic (exact) mass is 297 g/mol. The van der Waals surface area contributed by atoms with Crippen LogP contribution in [0.25, 0.3) is 0 Å². The van der Waals surface area contributed by atoms with E-state index in [0.717, 1.165) is 5.56 Å². The van der Waals surface area contributed by atoms with Gasteiger partial charge in [-0.15, -0.1) is 0 Å². The maximum atomic E-state index is 11.5. The molecule has 1 N–H and O–H groups in total. The minimum absolute atomic E-state index is 0.102. The van der Waals surface area contributed by atoms with Gasteiger partial charge in [-0.3, -0.25) is 0 Å². The van der Waals surface area contributed by atoms with Crippen molar-refractivity contribution in [3.05, 3.63) is 35.4 Å². The fraction of sp³-hybridized carbons (Fsp3) is 0.600. The molecule has 1 fully saturated rings. The van der Waals surface area contributed by atoms with Crippen LogP contribution in [-0.2, 0) is 9.84 Å². The van der Waals surface area contributed by atoms with Crippen LogP contribution in [0.15, 0.2) is 24.3 Å². The van der Waals surface area contributed by atoms with Gasteiger partial charge in [0.15, 0.2) is 9.84 Å². The zero-order valence-corrected chi connectivity index (χ0v) is 12.9. The van der Waals surface area contributed by atoms with Gasteiger partial charge in [-0.25, -0.2) is 8.42 Å². The molecule has 112 valence electrons. The minimum atomic E-state index is -2.84. The van der Waals surface area contributed by atoms with Crippen molar-refractivity contribution >= 4 is 9.84 Å². The normalized spacial score (nSPS) is 23.1. The lowest BCUT2D eigenvalue weighted by molar-refractivity contribution is 0.140. The average molecular weight is 297 g/mol. The molecule has 0 spiro atoms. The summed E-state index contributed by atoms with van der Waals surface area (Å²) in [5.74, 6) is 0.548. The van der Waals surface area contributed by atoms with Crippen LogP contribution in [-0.4, -0.2) is 49.6 Å². The molecule has 0 saturated carbocycles. The average Bonchev–Trinajstić information content (AvgIpc) is 2.77. The Balaban J connectivity index is 1.84. The second kappa shape index (κ2) is 6.24. The van der Waals surface area contributed by atoms with Crippen molar-refractivity contribution in [1.82, 2.24) is 4.90 Å². The topological polar surface area (TPSA) is 57.6 Å². The Morgan fingerprint density at radius 2 is 2.00 bits per heavy atom. The predicted molar refractivity (Wildman–Crippen MR) is 80.4 cm³/mol. The quantitative estimate of drug-likeness (QED) is 0.895. The Hall–Kier alpha value is -0.910. The number of hydrogen-bond donors (Lipinski definition) is 1. The number of rotatable bonds is 5. The Bertz CT molecular complexity index is 539. The molecule has 2 unspecified atom stereocenters. The molecule has 0 aromatic heterocycles. The fourth-order valence-corrected chi connectivity index (χ4v) is 4.39. The second-order valence-corrected chi connectivity index (χ2v) is 7.98. The van der Waals surface area contributed by atoms with Crippen molar-refractivity contribution in [3.8, 4) is 0 Å². The van der Waals surface area contributed by atoms with Crippen LogP contribution in [0.3, 0.4) is 0 Å². The summed E-state index contributed by atoms with van der Waals surface area (Å²) in [4.78, 5) is 2.06. The molecule has 0 aliphatic carbocycles. The molecular weight excluding hydrogens is 274 g/mol. The van der Waals surface area contributed by atoms with E-state index in [0.29, 0.717) is 25.1 Å². The van der Waals surface area contributed by atoms with Crippen LogP contribution in [0.5, 0.6) is 0 Å². The number of benzene rings is 1. The van der Waals surface area contributed by atoms with E-state index in [1.54, 1.807) is 0 Å². The van der Waals surface area contributed by atoms with E-state index in [4.69, 9.17) is 0 Å². The standard InChI is InChI=1S/C15H23NO3S/c1-12-3-5-13(6-4-12)15(17)7-9-16(2)14-8-10-20(18,19)11-14/h3-6,14-15,17H,7-11H2,1-2H3. The number of aliphatic hydroxyl groups excluding tert-OH is 1. The van der Waals surface area contributed by atoms with Gasteiger partial charge in [0, 0.05) is 12.6 Å². The van der Waals surface area contributed by atoms with Crippen molar-refractivity contribution in [1.29, 1.82) is 0 Å². The van der Waals surface area contributed by atoms with Gasteiger partial charge in [0.05, 0.1) is 17.6 Å². The van der Waals surface area contributed by atoms with Gasteiger partial charge in [-0.05, 0) is 32.4 Å². The molecule has 2 rings (SSSR count). The molecule has 1 aromatic carbocycles. The van der Waals surface area contributed by atoms with Crippen molar-refractivity contribution < 1.29 is 13.5 Å². The molecule has 0 amide bonds. The second-order valence-electron chi connectivity index (χ2n) is 5.75. The zero-order valence-electron chi connectivity index (χ0n) is 12.1. The zero-order chi connectivity index (χ0) is 14.8. The highest BCUT2D eigenvalue weighted by atomic mass is 32.2. The van der Waals surface area contributed by atoms with Crippen LogP contribution < -0.4 is 0 Å². The summed E-state index contributed by atoms with van der Waals surface area (Å²) >= 11 is 0. The van der Waals surface area contributed by atoms with Crippen LogP contribution in [0, 0.1) is 6.92 Å². The number of aliphatic hydroxyl groups is 1. The van der Waals surface area contributed by atoms with E-state index in [1.165, 1.54) is 5.56 Å². The molecule has 0 radical (unpaired) electrons. The van der Waals surface area contributed by atoms with E-state index in [2.05, 4.69) is 4.90 Å². The molecule has 2 atom stereocenters. The van der Waals surface area contributed by atoms with Crippen LogP contribution in [0.4, 0.5) is 0 Å². The van der Waals surface area contributed by atoms with Crippen molar-refractivity contribution in [2.45, 2.75) is 31.9 Å². The van der Waals surface area contributed by atoms with E-state index in [9.17, 15) is 13.5 Å². The molecule has 1 aromatic rings. The van der Waals surface area contributed by atoms with Crippen molar-refractivity contribution in [3.63, 3.8) is 0 Å². The maximum absolute atomic E-state index is 11.5. The molecule has 4 nitrogen and oxygen atoms in total. The molecule has 20 heavy (non-hydrogen) atoms. The van der Waals surface area contributed by atoms with Gasteiger partial charge >= 0.3 is 0 Å². The number of hydrogen-bond acceptors (Lipinski definition) is 4. The highest BCUT2D eigenvalue weighted by Crippen LogP contribution is 2.20. The first-order chi connectivity index (χ1) is 9.37. The van der Waals surface area contributed by atoms with Gasteiger partial charge < -0.3 is 10.0 Å². The van der Waals surface area contributed by atoms with Crippen LogP contribution >= 0.6 is 0 Å². The predicted octanol–water partition coefficient (Wildman–Crippen LogP) is 1.54. The van der Waals surface area contributed by atoms with Gasteiger partial charge in [0.1, 0.15) is 0 Å². The van der Waals surface area contributed by atoms with Gasteiger partial charge in [0.25, 0.3) is 0 Å². The third-order valence-corrected chi connectivity index (χ3v) is 5.80. The van der Waals surface area contributed by atoms with E-state index in [1.807, 2.05) is 38.2 Å². The van der Waals surface area contributed by atoms with E-state index in [-0.39, 0.29) is 11.8 Å². The summed E-state index contributed by atoms with van der Waals surface area (Å²) in [6, 6.07) is 7.97. The number of sulfone groups is 1. The summed E-state index contributed by atoms with van der Waals surface area (Å²) in [5.41, 5.74) is 2.09. The Morgan fingerprint density at radius 3 is 2.55 bits per heavy atom. The lowest BCUT2D eigenvalue weighted by Gasteiger charge is -2.24. The SMILES string of the molecule is Cc1ccc(C(O)CCN(C)C2CCS(=O)(=O)C2)cc1. The summed E-state index contributed by atoms with van der Waals surface area (Å²) < 4.78 is 22.9. The Morgan fingerprint density at radius 1 is 1.35 bits per heavy atom. The summed E-state index contributed by atoms with van der Waals surface area (Å²) in [6.45, 7) is 2.72. The molecule has 1 aliphatic rings. The van der Waals surface area contributed by atoms with Crippen LogP contribution in [0.1, 0.15) is 30.1 Å². The minimum Gasteiger partial charge on any atom is -0.388 e. The first-order valence-corrected chi connectivity index (χ1v) is 8.85. The molecule has 1 aliphatic heterocycles. The largest absolute Gasteiger partial charge is 0.388 e. The highest BCUT2D eigenvalue weighted by Gasteiger charge is 2.30. The third-order valence-electron chi connectivity index (χ3n) is 4.05. The van der Waals surface area contributed by atoms with Gasteiger partial charge in [-0.1, -0.05) is 29.8 Å². The van der Waals surface area contributed by atoms with Gasteiger partial charge in [0.2, 0.25) is 0 Å². The molecule has 5 heteroatoms. The van der Waals surface area contributed by atoms with Crippen molar-refractivity contribution in [2.75, 3.05) is 25.1 Å². The van der Waals surface area contributed by atoms with E-state index >= 15 is 0 Å². The maximum Gasteiger partial charge on any atom is 0.151 e. The first-order valence-electron chi connectivity index (χ1n) is 7.03. The summed E-state index contributed by atoms with van der Waals surface area (Å²) in [6.07, 6.45) is 0.839. The summed E-state index contributed by atoms with van der Waals surface area (Å²) in [7, 11) is -0.902. The molecule has 1 saturated heterocycles. The fourth-order valence-electron chi connectivity index (χ4n) is 2.59. The van der Waals surface area contributed by atoms with Gasteiger partial charge in [-0.2, -0.15) is 0 Å². The number of aryl methyl sites for hydroxylation is 1. The smallest absolute Gasteiger partial charge is 0.151 e. The highest BCUT2D eigenvalue weighted by molar-refractivity contribution is 7.91. The van der Waals surface area contributed by atoms with E-state index < -0.39 is 15.9 Å². The lowest BCUT2D eigenvalue weighted by atomic mass is 10.0. The van der Waals surface area contributed by atoms with Crippen LogP contribution in [0.2, 0.25) is 0 Å². The Kier molecular flexibility index (Phi) is 4.83. The molecule has 0 bridgehead atoms. The lowest BCUT2D eigenvalue weighted by Crippen LogP contribution is -2.34. The first kappa shape index (κ1) is 15.5. The molecule has 1 heterocycles. The Labute approximate surface area is 121 Å². The van der Waals surface area contributed by atoms with Crippen molar-refractivity contribution in [2.24, 2.45) is 0 Å². The third kappa shape index (κ3) is 4.04. The molecular formula is C15H23NO3S. The number of nitrogens with zero attached hydrogens (tertiary/aromatic N) is 1.